The number of carbonyl (C=O) groups excluding carboxylic acids is 2. The van der Waals surface area contributed by atoms with E-state index in [2.05, 4.69) is 18.2 Å². The highest BCUT2D eigenvalue weighted by Crippen LogP contribution is 2.28. The summed E-state index contributed by atoms with van der Waals surface area (Å²) < 4.78 is 10.3. The van der Waals surface area contributed by atoms with E-state index in [1.165, 1.54) is 7.11 Å². The highest BCUT2D eigenvalue weighted by atomic mass is 32.1. The average Bonchev–Trinajstić information content (AvgIpc) is 3.41. The molecule has 0 aliphatic carbocycles. The van der Waals surface area contributed by atoms with Gasteiger partial charge in [-0.2, -0.15) is 0 Å². The molecule has 1 fully saturated rings. The van der Waals surface area contributed by atoms with Crippen molar-refractivity contribution in [2.75, 3.05) is 26.8 Å². The van der Waals surface area contributed by atoms with E-state index < -0.39 is 0 Å². The summed E-state index contributed by atoms with van der Waals surface area (Å²) in [6.45, 7) is 1.56. The topological polar surface area (TPSA) is 55.8 Å². The molecule has 2 aromatic rings. The number of nitrogens with zero attached hydrogens (tertiary/aromatic N) is 1. The second-order valence-corrected chi connectivity index (χ2v) is 7.76. The highest BCUT2D eigenvalue weighted by molar-refractivity contribution is 7.16. The number of carbonyl (C=O) groups is 2. The Morgan fingerprint density at radius 2 is 2.07 bits per heavy atom. The van der Waals surface area contributed by atoms with Crippen LogP contribution < -0.4 is 0 Å². The Balaban J connectivity index is 1.64. The van der Waals surface area contributed by atoms with Gasteiger partial charge in [0.05, 0.1) is 19.6 Å². The molecule has 1 aromatic carbocycles. The number of rotatable bonds is 8. The molecular formula is C22H25NO4S. The van der Waals surface area contributed by atoms with Gasteiger partial charge in [0.25, 0.3) is 0 Å². The van der Waals surface area contributed by atoms with Crippen LogP contribution in [0.1, 0.15) is 24.1 Å². The van der Waals surface area contributed by atoms with Crippen LogP contribution in [-0.2, 0) is 19.1 Å². The molecule has 1 aliphatic rings. The summed E-state index contributed by atoms with van der Waals surface area (Å²) in [7, 11) is 1.36. The third-order valence-electron chi connectivity index (χ3n) is 4.65. The van der Waals surface area contributed by atoms with Crippen LogP contribution in [0.5, 0.6) is 0 Å². The second-order valence-electron chi connectivity index (χ2n) is 6.65. The van der Waals surface area contributed by atoms with Crippen molar-refractivity contribution in [2.45, 2.75) is 25.4 Å². The third kappa shape index (κ3) is 5.78. The summed E-state index contributed by atoms with van der Waals surface area (Å²) in [6.07, 6.45) is 5.59. The maximum atomic E-state index is 12.7. The summed E-state index contributed by atoms with van der Waals surface area (Å²) in [4.78, 5) is 28.1. The monoisotopic (exact) mass is 399 g/mol. The van der Waals surface area contributed by atoms with Gasteiger partial charge in [-0.05, 0) is 36.6 Å². The Morgan fingerprint density at radius 3 is 2.79 bits per heavy atom. The van der Waals surface area contributed by atoms with Crippen LogP contribution in [0.3, 0.4) is 0 Å². The average molecular weight is 400 g/mol. The molecule has 28 heavy (non-hydrogen) atoms. The Hall–Kier alpha value is -2.44. The molecule has 1 saturated heterocycles. The van der Waals surface area contributed by atoms with Crippen LogP contribution in [0, 0.1) is 0 Å². The van der Waals surface area contributed by atoms with Gasteiger partial charge in [-0.3, -0.25) is 9.59 Å². The first kappa shape index (κ1) is 20.3. The molecule has 1 atom stereocenters. The lowest BCUT2D eigenvalue weighted by atomic mass is 10.2. The lowest BCUT2D eigenvalue weighted by Gasteiger charge is -2.23. The third-order valence-corrected chi connectivity index (χ3v) is 5.75. The summed E-state index contributed by atoms with van der Waals surface area (Å²) >= 11 is 1.64. The lowest BCUT2D eigenvalue weighted by molar-refractivity contribution is -0.141. The van der Waals surface area contributed by atoms with Crippen LogP contribution in [0.2, 0.25) is 0 Å². The largest absolute Gasteiger partial charge is 0.469 e. The summed E-state index contributed by atoms with van der Waals surface area (Å²) in [6, 6.07) is 14.2. The van der Waals surface area contributed by atoms with E-state index in [1.54, 1.807) is 22.3 Å². The number of ether oxygens (including phenoxy) is 2. The van der Waals surface area contributed by atoms with Crippen molar-refractivity contribution in [2.24, 2.45) is 0 Å². The number of hydrogen-bond acceptors (Lipinski definition) is 5. The fourth-order valence-electron chi connectivity index (χ4n) is 3.11. The Bertz CT molecular complexity index is 809. The number of amides is 1. The molecule has 0 radical (unpaired) electrons. The van der Waals surface area contributed by atoms with E-state index in [1.807, 2.05) is 30.3 Å². The first-order valence-electron chi connectivity index (χ1n) is 9.46. The smallest absolute Gasteiger partial charge is 0.307 e. The maximum Gasteiger partial charge on any atom is 0.307 e. The van der Waals surface area contributed by atoms with E-state index in [-0.39, 0.29) is 24.4 Å². The van der Waals surface area contributed by atoms with Crippen LogP contribution in [0.15, 0.2) is 48.5 Å². The van der Waals surface area contributed by atoms with Gasteiger partial charge in [-0.25, -0.2) is 0 Å². The standard InChI is InChI=1S/C22H25NO4S/c1-26-22(25)13-14-23(16-18-8-5-15-27-18)21(24)12-10-19-9-11-20(28-19)17-6-3-2-4-7-17/h2-4,6-7,9-12,18H,5,8,13-16H2,1H3/b12-10+. The number of hydrogen-bond donors (Lipinski definition) is 0. The van der Waals surface area contributed by atoms with E-state index >= 15 is 0 Å². The van der Waals surface area contributed by atoms with Crippen molar-refractivity contribution in [3.05, 3.63) is 53.4 Å². The van der Waals surface area contributed by atoms with Crippen LogP contribution in [0.25, 0.3) is 16.5 Å². The summed E-state index contributed by atoms with van der Waals surface area (Å²) in [5.41, 5.74) is 1.16. The first-order valence-corrected chi connectivity index (χ1v) is 10.3. The fourth-order valence-corrected chi connectivity index (χ4v) is 4.03. The van der Waals surface area contributed by atoms with Crippen molar-refractivity contribution in [1.29, 1.82) is 0 Å². The van der Waals surface area contributed by atoms with Crippen molar-refractivity contribution in [3.63, 3.8) is 0 Å². The summed E-state index contributed by atoms with van der Waals surface area (Å²) in [5, 5.41) is 0. The van der Waals surface area contributed by atoms with Crippen molar-refractivity contribution < 1.29 is 19.1 Å². The molecular weight excluding hydrogens is 374 g/mol. The molecule has 1 aromatic heterocycles. The molecule has 1 unspecified atom stereocenters. The minimum atomic E-state index is -0.320. The quantitative estimate of drug-likeness (QED) is 0.497. The molecule has 0 spiro atoms. The highest BCUT2D eigenvalue weighted by Gasteiger charge is 2.22. The van der Waals surface area contributed by atoms with Crippen molar-refractivity contribution >= 4 is 29.3 Å². The zero-order valence-electron chi connectivity index (χ0n) is 16.0. The zero-order chi connectivity index (χ0) is 19.8. The fraction of sp³-hybridized carbons (Fsp3) is 0.364. The van der Waals surface area contributed by atoms with Gasteiger partial charge in [0, 0.05) is 35.5 Å². The Morgan fingerprint density at radius 1 is 1.25 bits per heavy atom. The lowest BCUT2D eigenvalue weighted by Crippen LogP contribution is -2.37. The van der Waals surface area contributed by atoms with Gasteiger partial charge in [0.15, 0.2) is 0 Å². The van der Waals surface area contributed by atoms with Crippen LogP contribution in [-0.4, -0.2) is 49.7 Å². The van der Waals surface area contributed by atoms with Gasteiger partial charge < -0.3 is 14.4 Å². The number of benzene rings is 1. The molecule has 3 rings (SSSR count). The predicted octanol–water partition coefficient (Wildman–Crippen LogP) is 4.00. The van der Waals surface area contributed by atoms with E-state index in [4.69, 9.17) is 9.47 Å². The Kier molecular flexibility index (Phi) is 7.39. The maximum absolute atomic E-state index is 12.7. The zero-order valence-corrected chi connectivity index (χ0v) is 16.8. The van der Waals surface area contributed by atoms with Crippen molar-refractivity contribution in [1.82, 2.24) is 4.90 Å². The van der Waals surface area contributed by atoms with Gasteiger partial charge in [-0.15, -0.1) is 11.3 Å². The first-order chi connectivity index (χ1) is 13.7. The predicted molar refractivity (Wildman–Crippen MR) is 111 cm³/mol. The summed E-state index contributed by atoms with van der Waals surface area (Å²) in [5.74, 6) is -0.436. The number of esters is 1. The van der Waals surface area contributed by atoms with Crippen LogP contribution >= 0.6 is 11.3 Å². The second kappa shape index (κ2) is 10.2. The van der Waals surface area contributed by atoms with Gasteiger partial charge in [0.1, 0.15) is 0 Å². The van der Waals surface area contributed by atoms with Gasteiger partial charge >= 0.3 is 5.97 Å². The SMILES string of the molecule is COC(=O)CCN(CC1CCCO1)C(=O)/C=C/c1ccc(-c2ccccc2)s1. The van der Waals surface area contributed by atoms with E-state index in [0.717, 1.165) is 34.8 Å². The van der Waals surface area contributed by atoms with E-state index in [0.29, 0.717) is 13.1 Å². The molecule has 1 aliphatic heterocycles. The molecule has 0 bridgehead atoms. The normalized spacial score (nSPS) is 16.4. The minimum Gasteiger partial charge on any atom is -0.469 e. The Labute approximate surface area is 169 Å². The van der Waals surface area contributed by atoms with E-state index in [9.17, 15) is 9.59 Å². The minimum absolute atomic E-state index is 0.0430. The molecule has 5 nitrogen and oxygen atoms in total. The molecule has 6 heteroatoms. The van der Waals surface area contributed by atoms with Gasteiger partial charge in [0.2, 0.25) is 5.91 Å². The molecule has 0 N–H and O–H groups in total. The molecule has 148 valence electrons. The molecule has 0 saturated carbocycles. The van der Waals surface area contributed by atoms with Crippen molar-refractivity contribution in [3.8, 4) is 10.4 Å². The number of thiophene rings is 1. The molecule has 2 heterocycles. The van der Waals surface area contributed by atoms with Gasteiger partial charge in [-0.1, -0.05) is 30.3 Å². The van der Waals surface area contributed by atoms with Crippen LogP contribution in [0.4, 0.5) is 0 Å². The molecule has 1 amide bonds. The number of methoxy groups -OCH3 is 1.